The van der Waals surface area contributed by atoms with Crippen LogP contribution in [0.5, 0.6) is 0 Å². The number of benzene rings is 2. The van der Waals surface area contributed by atoms with Crippen molar-refractivity contribution in [3.8, 4) is 6.07 Å². The van der Waals surface area contributed by atoms with E-state index in [1.807, 2.05) is 24.3 Å². The number of amides is 1. The molecule has 6 heteroatoms. The van der Waals surface area contributed by atoms with Crippen molar-refractivity contribution in [2.24, 2.45) is 0 Å². The molecule has 0 aliphatic heterocycles. The molecule has 0 unspecified atom stereocenters. The maximum atomic E-state index is 13.0. The van der Waals surface area contributed by atoms with Crippen LogP contribution in [0.3, 0.4) is 0 Å². The first-order valence-electron chi connectivity index (χ1n) is 9.22. The number of hydrogen-bond donors (Lipinski definition) is 0. The van der Waals surface area contributed by atoms with Gasteiger partial charge >= 0.3 is 5.97 Å². The minimum Gasteiger partial charge on any atom is -0.455 e. The van der Waals surface area contributed by atoms with Gasteiger partial charge in [0.15, 0.2) is 6.61 Å². The zero-order valence-corrected chi connectivity index (χ0v) is 16.2. The zero-order chi connectivity index (χ0) is 20.0. The fraction of sp³-hybridized carbons (Fsp3) is 0.318. The van der Waals surface area contributed by atoms with Crippen LogP contribution in [0, 0.1) is 11.3 Å². The molecule has 0 heterocycles. The maximum absolute atomic E-state index is 13.0. The van der Waals surface area contributed by atoms with Crippen molar-refractivity contribution < 1.29 is 14.3 Å². The lowest BCUT2D eigenvalue weighted by Gasteiger charge is -2.28. The highest BCUT2D eigenvalue weighted by Crippen LogP contribution is 2.42. The van der Waals surface area contributed by atoms with Crippen LogP contribution in [0.25, 0.3) is 0 Å². The maximum Gasteiger partial charge on any atom is 0.317 e. The number of carbonyl (C=O) groups is 2. The third-order valence-corrected chi connectivity index (χ3v) is 5.42. The first-order chi connectivity index (χ1) is 13.6. The van der Waals surface area contributed by atoms with Gasteiger partial charge in [-0.2, -0.15) is 5.26 Å². The van der Waals surface area contributed by atoms with Crippen molar-refractivity contribution in [2.75, 3.05) is 18.1 Å². The van der Waals surface area contributed by atoms with E-state index >= 15 is 0 Å². The molecule has 0 spiro atoms. The number of esters is 1. The lowest BCUT2D eigenvalue weighted by Crippen LogP contribution is -2.39. The topological polar surface area (TPSA) is 70.4 Å². The molecule has 1 aliphatic carbocycles. The fourth-order valence-corrected chi connectivity index (χ4v) is 3.83. The highest BCUT2D eigenvalue weighted by Gasteiger charge is 2.44. The van der Waals surface area contributed by atoms with E-state index in [9.17, 15) is 9.59 Å². The third-order valence-electron chi connectivity index (χ3n) is 5.17. The van der Waals surface area contributed by atoms with E-state index in [0.717, 1.165) is 18.4 Å². The minimum absolute atomic E-state index is 0.108. The molecule has 2 aromatic rings. The van der Waals surface area contributed by atoms with Crippen molar-refractivity contribution in [1.82, 2.24) is 0 Å². The third kappa shape index (κ3) is 4.18. The van der Waals surface area contributed by atoms with Gasteiger partial charge in [-0.15, -0.1) is 0 Å². The fourth-order valence-electron chi connectivity index (χ4n) is 3.70. The van der Waals surface area contributed by atoms with Gasteiger partial charge in [0.05, 0.1) is 11.5 Å². The van der Waals surface area contributed by atoms with E-state index in [1.165, 1.54) is 4.90 Å². The Morgan fingerprint density at radius 3 is 2.32 bits per heavy atom. The summed E-state index contributed by atoms with van der Waals surface area (Å²) in [4.78, 5) is 26.9. The lowest BCUT2D eigenvalue weighted by atomic mass is 9.79. The molecule has 3 rings (SSSR count). The first kappa shape index (κ1) is 19.9. The van der Waals surface area contributed by atoms with Gasteiger partial charge in [0.2, 0.25) is 0 Å². The standard InChI is InChI=1S/C22H21ClN2O3/c23-18-10-8-17(9-11-18)22(12-4-5-13-22)21(27)28-16-20(26)25(15-14-24)19-6-2-1-3-7-19/h1-3,6-11H,4-5,12-13,15-16H2. The normalized spacial score (nSPS) is 14.9. The van der Waals surface area contributed by atoms with Crippen LogP contribution in [0.15, 0.2) is 54.6 Å². The van der Waals surface area contributed by atoms with Gasteiger partial charge in [0.25, 0.3) is 5.91 Å². The molecular weight excluding hydrogens is 376 g/mol. The van der Waals surface area contributed by atoms with Gasteiger partial charge in [0.1, 0.15) is 6.54 Å². The molecule has 2 aromatic carbocycles. The summed E-state index contributed by atoms with van der Waals surface area (Å²) in [5.74, 6) is -0.823. The Kier molecular flexibility index (Phi) is 6.33. The number of para-hydroxylation sites is 1. The largest absolute Gasteiger partial charge is 0.455 e. The summed E-state index contributed by atoms with van der Waals surface area (Å²) in [5.41, 5.74) is 0.722. The SMILES string of the molecule is N#CCN(C(=O)COC(=O)C1(c2ccc(Cl)cc2)CCCC1)c1ccccc1. The minimum atomic E-state index is -0.738. The predicted molar refractivity (Wildman–Crippen MR) is 107 cm³/mol. The molecule has 1 saturated carbocycles. The summed E-state index contributed by atoms with van der Waals surface area (Å²) in [5, 5.41) is 9.65. The smallest absolute Gasteiger partial charge is 0.317 e. The Hall–Kier alpha value is -2.84. The molecule has 5 nitrogen and oxygen atoms in total. The van der Waals surface area contributed by atoms with Gasteiger partial charge in [-0.25, -0.2) is 0 Å². The average molecular weight is 397 g/mol. The predicted octanol–water partition coefficient (Wildman–Crippen LogP) is 4.25. The summed E-state index contributed by atoms with van der Waals surface area (Å²) in [6.45, 7) is -0.506. The van der Waals surface area contributed by atoms with Crippen LogP contribution < -0.4 is 4.90 Å². The van der Waals surface area contributed by atoms with Gasteiger partial charge in [-0.3, -0.25) is 14.5 Å². The molecule has 1 amide bonds. The highest BCUT2D eigenvalue weighted by molar-refractivity contribution is 6.30. The first-order valence-corrected chi connectivity index (χ1v) is 9.60. The Bertz CT molecular complexity index is 869. The van der Waals surface area contributed by atoms with E-state index in [4.69, 9.17) is 21.6 Å². The number of halogens is 1. The number of nitrogens with zero attached hydrogens (tertiary/aromatic N) is 2. The van der Waals surface area contributed by atoms with Crippen LogP contribution in [0.2, 0.25) is 5.02 Å². The van der Waals surface area contributed by atoms with Gasteiger partial charge in [-0.1, -0.05) is 54.8 Å². The summed E-state index contributed by atoms with van der Waals surface area (Å²) >= 11 is 5.98. The molecule has 28 heavy (non-hydrogen) atoms. The second-order valence-electron chi connectivity index (χ2n) is 6.85. The summed E-state index contributed by atoms with van der Waals surface area (Å²) in [6, 6.07) is 18.1. The number of ether oxygens (including phenoxy) is 1. The Morgan fingerprint density at radius 2 is 1.71 bits per heavy atom. The number of anilines is 1. The van der Waals surface area contributed by atoms with E-state index < -0.39 is 23.9 Å². The van der Waals surface area contributed by atoms with Crippen LogP contribution in [0.1, 0.15) is 31.2 Å². The zero-order valence-electron chi connectivity index (χ0n) is 15.4. The highest BCUT2D eigenvalue weighted by atomic mass is 35.5. The second kappa shape index (κ2) is 8.90. The van der Waals surface area contributed by atoms with Gasteiger partial charge in [-0.05, 0) is 42.7 Å². The molecule has 0 aromatic heterocycles. The number of rotatable bonds is 6. The summed E-state index contributed by atoms with van der Waals surface area (Å²) < 4.78 is 5.45. The molecule has 0 atom stereocenters. The Labute approximate surface area is 169 Å². The molecule has 1 aliphatic rings. The number of nitriles is 1. The van der Waals surface area contributed by atoms with Crippen LogP contribution >= 0.6 is 11.6 Å². The Balaban J connectivity index is 1.73. The monoisotopic (exact) mass is 396 g/mol. The van der Waals surface area contributed by atoms with Crippen LogP contribution in [0.4, 0.5) is 5.69 Å². The quantitative estimate of drug-likeness (QED) is 0.540. The van der Waals surface area contributed by atoms with Gasteiger partial charge < -0.3 is 4.74 Å². The van der Waals surface area contributed by atoms with Gasteiger partial charge in [0, 0.05) is 10.7 Å². The van der Waals surface area contributed by atoms with E-state index in [0.29, 0.717) is 23.6 Å². The summed E-state index contributed by atoms with van der Waals surface area (Å²) in [6.07, 6.45) is 3.22. The van der Waals surface area contributed by atoms with Crippen LogP contribution in [-0.4, -0.2) is 25.0 Å². The molecule has 0 saturated heterocycles. The second-order valence-corrected chi connectivity index (χ2v) is 7.28. The number of carbonyl (C=O) groups excluding carboxylic acids is 2. The Morgan fingerprint density at radius 1 is 1.07 bits per heavy atom. The van der Waals surface area contributed by atoms with Crippen LogP contribution in [-0.2, 0) is 19.7 Å². The molecule has 1 fully saturated rings. The molecule has 0 N–H and O–H groups in total. The number of hydrogen-bond acceptors (Lipinski definition) is 4. The molecule has 144 valence electrons. The molecule has 0 radical (unpaired) electrons. The van der Waals surface area contributed by atoms with E-state index in [1.54, 1.807) is 36.4 Å². The van der Waals surface area contributed by atoms with Crippen molar-refractivity contribution in [3.05, 3.63) is 65.2 Å². The molecular formula is C22H21ClN2O3. The van der Waals surface area contributed by atoms with Crippen molar-refractivity contribution >= 4 is 29.2 Å². The van der Waals surface area contributed by atoms with E-state index in [2.05, 4.69) is 0 Å². The summed E-state index contributed by atoms with van der Waals surface area (Å²) in [7, 11) is 0. The average Bonchev–Trinajstić information content (AvgIpc) is 3.22. The molecule has 0 bridgehead atoms. The van der Waals surface area contributed by atoms with Crippen molar-refractivity contribution in [3.63, 3.8) is 0 Å². The van der Waals surface area contributed by atoms with Crippen molar-refractivity contribution in [1.29, 1.82) is 5.26 Å². The van der Waals surface area contributed by atoms with E-state index in [-0.39, 0.29) is 6.54 Å². The lowest BCUT2D eigenvalue weighted by molar-refractivity contribution is -0.153. The van der Waals surface area contributed by atoms with Crippen molar-refractivity contribution in [2.45, 2.75) is 31.1 Å².